The van der Waals surface area contributed by atoms with Gasteiger partial charge in [0.15, 0.2) is 0 Å². The van der Waals surface area contributed by atoms with E-state index < -0.39 is 11.7 Å². The molecule has 1 rings (SSSR count). The van der Waals surface area contributed by atoms with Crippen molar-refractivity contribution < 1.29 is 13.2 Å². The van der Waals surface area contributed by atoms with E-state index in [2.05, 4.69) is 11.5 Å². The van der Waals surface area contributed by atoms with E-state index in [1.807, 2.05) is 26.0 Å². The molecule has 0 heterocycles. The molecule has 0 aromatic heterocycles. The average molecular weight is 259 g/mol. The van der Waals surface area contributed by atoms with E-state index >= 15 is 0 Å². The van der Waals surface area contributed by atoms with Gasteiger partial charge in [-0.2, -0.15) is 13.2 Å². The Hall–Kier alpha value is -1.25. The first-order valence-corrected chi connectivity index (χ1v) is 5.98. The van der Waals surface area contributed by atoms with Crippen molar-refractivity contribution in [2.24, 2.45) is 0 Å². The lowest BCUT2D eigenvalue weighted by atomic mass is 10.1. The number of benzene rings is 1. The minimum atomic E-state index is -4.27. The Morgan fingerprint density at radius 3 is 2.12 bits per heavy atom. The summed E-state index contributed by atoms with van der Waals surface area (Å²) in [6.45, 7) is 0. The van der Waals surface area contributed by atoms with Crippen LogP contribution < -0.4 is 0 Å². The summed E-state index contributed by atoms with van der Waals surface area (Å²) in [4.78, 5) is 2.00. The van der Waals surface area contributed by atoms with Crippen LogP contribution in [0.25, 0.3) is 0 Å². The van der Waals surface area contributed by atoms with Gasteiger partial charge in [0.05, 0.1) is 15.8 Å². The summed E-state index contributed by atoms with van der Waals surface area (Å²) in [5.74, 6) is 2.63. The maximum absolute atomic E-state index is 12.2. The first-order valence-electron chi connectivity index (χ1n) is 4.98. The fourth-order valence-corrected chi connectivity index (χ4v) is 1.21. The third-order valence-corrected chi connectivity index (χ3v) is 1.71. The molecule has 1 aromatic carbocycles. The van der Waals surface area contributed by atoms with Crippen LogP contribution in [-0.2, 0) is 6.18 Å². The van der Waals surface area contributed by atoms with Crippen molar-refractivity contribution in [2.75, 3.05) is 21.1 Å². The fourth-order valence-electron chi connectivity index (χ4n) is 0.918. The molecule has 0 aliphatic rings. The summed E-state index contributed by atoms with van der Waals surface area (Å²) in [5, 5.41) is 0. The Labute approximate surface area is 103 Å². The Balaban J connectivity index is 0.000000557. The van der Waals surface area contributed by atoms with E-state index in [1.165, 1.54) is 6.07 Å². The van der Waals surface area contributed by atoms with E-state index in [9.17, 15) is 13.2 Å². The van der Waals surface area contributed by atoms with E-state index in [0.717, 1.165) is 12.1 Å². The summed E-state index contributed by atoms with van der Waals surface area (Å²) < 4.78 is 36.5. The van der Waals surface area contributed by atoms with Crippen LogP contribution in [0.3, 0.4) is 0 Å². The highest BCUT2D eigenvalue weighted by Gasteiger charge is 2.30. The molecule has 0 N–H and O–H groups in total. The molecular weight excluding hydrogens is 243 g/mol. The van der Waals surface area contributed by atoms with Crippen molar-refractivity contribution >= 4 is 10.2 Å². The second kappa shape index (κ2) is 7.15. The van der Waals surface area contributed by atoms with Gasteiger partial charge in [0, 0.05) is 5.56 Å². The lowest BCUT2D eigenvalue weighted by Crippen LogP contribution is -2.04. The van der Waals surface area contributed by atoms with Gasteiger partial charge >= 0.3 is 6.18 Å². The fraction of sp³-hybridized carbons (Fsp3) is 0.333. The Bertz CT molecular complexity index is 399. The predicted octanol–water partition coefficient (Wildman–Crippen LogP) is 1.56. The van der Waals surface area contributed by atoms with Gasteiger partial charge in [-0.3, -0.25) is 0 Å². The highest BCUT2D eigenvalue weighted by atomic mass is 28.1. The Morgan fingerprint density at radius 1 is 1.18 bits per heavy atom. The molecule has 0 amide bonds. The quantitative estimate of drug-likeness (QED) is 0.505. The molecule has 1 aromatic rings. The molecular formula is C12H16F3NSi. The molecule has 0 saturated heterocycles. The van der Waals surface area contributed by atoms with Gasteiger partial charge in [0.2, 0.25) is 0 Å². The van der Waals surface area contributed by atoms with E-state index in [0.29, 0.717) is 15.8 Å². The standard InChI is InChI=1S/C9H7F3Si.C3H9N/c10-9(11,12)8-3-1-2-7(6-8)4-5-13;1-4(2)3/h1-3,6H,13H3;1-3H3. The second-order valence-electron chi connectivity index (χ2n) is 3.80. The van der Waals surface area contributed by atoms with Crippen LogP contribution in [0.1, 0.15) is 11.1 Å². The molecule has 0 fully saturated rings. The van der Waals surface area contributed by atoms with Crippen molar-refractivity contribution in [3.63, 3.8) is 0 Å². The lowest BCUT2D eigenvalue weighted by molar-refractivity contribution is -0.137. The van der Waals surface area contributed by atoms with Gasteiger partial charge in [-0.1, -0.05) is 12.0 Å². The van der Waals surface area contributed by atoms with Crippen LogP contribution in [0.4, 0.5) is 13.2 Å². The smallest absolute Gasteiger partial charge is 0.312 e. The minimum Gasteiger partial charge on any atom is -0.312 e. The highest BCUT2D eigenvalue weighted by Crippen LogP contribution is 2.29. The number of alkyl halides is 3. The average Bonchev–Trinajstić information content (AvgIpc) is 2.16. The van der Waals surface area contributed by atoms with Gasteiger partial charge < -0.3 is 4.90 Å². The van der Waals surface area contributed by atoms with Crippen molar-refractivity contribution in [3.05, 3.63) is 35.4 Å². The largest absolute Gasteiger partial charge is 0.416 e. The maximum Gasteiger partial charge on any atom is 0.416 e. The Morgan fingerprint density at radius 2 is 1.71 bits per heavy atom. The maximum atomic E-state index is 12.2. The molecule has 0 aliphatic heterocycles. The third kappa shape index (κ3) is 7.61. The van der Waals surface area contributed by atoms with Crippen LogP contribution in [0, 0.1) is 11.5 Å². The van der Waals surface area contributed by atoms with Crippen LogP contribution >= 0.6 is 0 Å². The molecule has 0 spiro atoms. The number of hydrogen-bond donors (Lipinski definition) is 0. The summed E-state index contributed by atoms with van der Waals surface area (Å²) >= 11 is 0. The molecule has 5 heteroatoms. The van der Waals surface area contributed by atoms with Crippen LogP contribution in [-0.4, -0.2) is 36.3 Å². The van der Waals surface area contributed by atoms with E-state index in [1.54, 1.807) is 6.07 Å². The van der Waals surface area contributed by atoms with Crippen LogP contribution in [0.2, 0.25) is 0 Å². The normalized spacial score (nSPS) is 10.3. The van der Waals surface area contributed by atoms with Crippen molar-refractivity contribution in [1.29, 1.82) is 0 Å². The van der Waals surface area contributed by atoms with Crippen molar-refractivity contribution in [3.8, 4) is 11.5 Å². The van der Waals surface area contributed by atoms with Crippen LogP contribution in [0.15, 0.2) is 24.3 Å². The van der Waals surface area contributed by atoms with E-state index in [-0.39, 0.29) is 0 Å². The van der Waals surface area contributed by atoms with Crippen molar-refractivity contribution in [2.45, 2.75) is 6.18 Å². The monoisotopic (exact) mass is 259 g/mol. The molecule has 0 saturated carbocycles. The molecule has 0 atom stereocenters. The number of rotatable bonds is 0. The van der Waals surface area contributed by atoms with Gasteiger partial charge in [0.1, 0.15) is 0 Å². The minimum absolute atomic E-state index is 0.421. The number of hydrogen-bond acceptors (Lipinski definition) is 1. The number of halogens is 3. The van der Waals surface area contributed by atoms with Gasteiger partial charge in [-0.15, -0.1) is 5.54 Å². The Kier molecular flexibility index (Phi) is 6.62. The topological polar surface area (TPSA) is 3.24 Å². The molecule has 94 valence electrons. The zero-order valence-electron chi connectivity index (χ0n) is 10.4. The second-order valence-corrected chi connectivity index (χ2v) is 4.30. The molecule has 0 radical (unpaired) electrons. The van der Waals surface area contributed by atoms with Gasteiger partial charge in [-0.05, 0) is 39.3 Å². The SMILES string of the molecule is CN(C)C.FC(F)(F)c1cccc(C#C[SiH3])c1. The van der Waals surface area contributed by atoms with Crippen molar-refractivity contribution in [1.82, 2.24) is 4.90 Å². The molecule has 17 heavy (non-hydrogen) atoms. The highest BCUT2D eigenvalue weighted by molar-refractivity contribution is 6.22. The summed E-state index contributed by atoms with van der Waals surface area (Å²) in [7, 11) is 6.67. The zero-order valence-corrected chi connectivity index (χ0v) is 12.4. The zero-order chi connectivity index (χ0) is 13.5. The predicted molar refractivity (Wildman–Crippen MR) is 67.9 cm³/mol. The van der Waals surface area contributed by atoms with E-state index in [4.69, 9.17) is 0 Å². The lowest BCUT2D eigenvalue weighted by Gasteiger charge is -2.05. The first-order chi connectivity index (χ1) is 7.77. The molecule has 0 bridgehead atoms. The molecule has 1 nitrogen and oxygen atoms in total. The van der Waals surface area contributed by atoms with Gasteiger partial charge in [-0.25, -0.2) is 0 Å². The third-order valence-electron chi connectivity index (χ3n) is 1.46. The summed E-state index contributed by atoms with van der Waals surface area (Å²) in [6.07, 6.45) is -4.27. The summed E-state index contributed by atoms with van der Waals surface area (Å²) in [5.41, 5.74) is 2.46. The summed E-state index contributed by atoms with van der Waals surface area (Å²) in [6, 6.07) is 5.04. The van der Waals surface area contributed by atoms with Gasteiger partial charge in [0.25, 0.3) is 0 Å². The van der Waals surface area contributed by atoms with Crippen LogP contribution in [0.5, 0.6) is 0 Å². The first kappa shape index (κ1) is 15.7. The molecule has 0 aliphatic carbocycles. The number of nitrogens with zero attached hydrogens (tertiary/aromatic N) is 1. The molecule has 0 unspecified atom stereocenters.